The van der Waals surface area contributed by atoms with E-state index in [0.29, 0.717) is 34.9 Å². The van der Waals surface area contributed by atoms with Gasteiger partial charge in [0, 0.05) is 18.7 Å². The number of amides is 1. The molecular weight excluding hydrogens is 486 g/mol. The van der Waals surface area contributed by atoms with E-state index in [4.69, 9.17) is 22.1 Å². The summed E-state index contributed by atoms with van der Waals surface area (Å²) in [5.41, 5.74) is 1.54. The van der Waals surface area contributed by atoms with Gasteiger partial charge >= 0.3 is 6.09 Å². The summed E-state index contributed by atoms with van der Waals surface area (Å²) >= 11 is 6.62. The smallest absolute Gasteiger partial charge is 0.410 e. The van der Waals surface area contributed by atoms with Crippen LogP contribution in [0.4, 0.5) is 10.5 Å². The molecule has 2 heterocycles. The molecule has 4 aromatic rings. The maximum Gasteiger partial charge on any atom is 0.419 e. The first-order chi connectivity index (χ1) is 15.8. The van der Waals surface area contributed by atoms with Gasteiger partial charge in [-0.05, 0) is 67.5 Å². The number of hydrogen-bond donors (Lipinski definition) is 3. The van der Waals surface area contributed by atoms with Crippen LogP contribution >= 0.6 is 23.6 Å². The number of nitrogens with one attached hydrogen (secondary N) is 2. The molecule has 0 spiro atoms. The first-order valence-electron chi connectivity index (χ1n) is 9.77. The van der Waals surface area contributed by atoms with E-state index < -0.39 is 16.1 Å². The molecule has 0 aliphatic heterocycles. The van der Waals surface area contributed by atoms with Crippen molar-refractivity contribution in [2.45, 2.75) is 24.2 Å². The highest BCUT2D eigenvalue weighted by Gasteiger charge is 2.19. The first kappa shape index (κ1) is 23.0. The Hall–Kier alpha value is -3.20. The molecule has 2 aromatic carbocycles. The number of H-pyrrole nitrogens is 2. The highest BCUT2D eigenvalue weighted by atomic mass is 32.2. The Morgan fingerprint density at radius 1 is 1.18 bits per heavy atom. The summed E-state index contributed by atoms with van der Waals surface area (Å²) in [5.74, 6) is 0.801. The molecular formula is C19H19N7O4S3. The number of aromatic amines is 2. The maximum atomic E-state index is 13.1. The topological polar surface area (TPSA) is 160 Å². The Balaban J connectivity index is 1.52. The van der Waals surface area contributed by atoms with Gasteiger partial charge in [0.25, 0.3) is 0 Å². The Labute approximate surface area is 197 Å². The third-order valence-electron chi connectivity index (χ3n) is 4.72. The number of sulfonamides is 1. The summed E-state index contributed by atoms with van der Waals surface area (Å²) in [5, 5.41) is 18.9. The summed E-state index contributed by atoms with van der Waals surface area (Å²) < 4.78 is 29.9. The molecule has 2 aromatic heterocycles. The molecule has 0 aliphatic rings. The number of aryl methyl sites for hydroxylation is 1. The van der Waals surface area contributed by atoms with Gasteiger partial charge in [-0.2, -0.15) is 5.21 Å². The van der Waals surface area contributed by atoms with Crippen LogP contribution in [0, 0.1) is 3.95 Å². The highest BCUT2D eigenvalue weighted by Crippen LogP contribution is 2.27. The number of thiazole rings is 1. The fourth-order valence-corrected chi connectivity index (χ4v) is 4.79. The lowest BCUT2D eigenvalue weighted by molar-refractivity contribution is 0.207. The van der Waals surface area contributed by atoms with Crippen molar-refractivity contribution in [2.75, 3.05) is 11.4 Å². The van der Waals surface area contributed by atoms with Crippen molar-refractivity contribution in [3.05, 3.63) is 52.2 Å². The normalized spacial score (nSPS) is 11.5. The van der Waals surface area contributed by atoms with Gasteiger partial charge in [-0.1, -0.05) is 5.21 Å². The number of aromatic nitrogens is 5. The molecule has 0 fully saturated rings. The van der Waals surface area contributed by atoms with Crippen molar-refractivity contribution >= 4 is 55.6 Å². The van der Waals surface area contributed by atoms with Crippen molar-refractivity contribution in [3.8, 4) is 5.75 Å². The quantitative estimate of drug-likeness (QED) is 0.243. The van der Waals surface area contributed by atoms with Crippen molar-refractivity contribution in [2.24, 2.45) is 5.14 Å². The molecule has 0 aliphatic carbocycles. The number of nitrogens with two attached hydrogens (primary N) is 1. The molecule has 0 saturated carbocycles. The van der Waals surface area contributed by atoms with Crippen LogP contribution in [0.2, 0.25) is 0 Å². The van der Waals surface area contributed by atoms with E-state index in [0.717, 1.165) is 16.6 Å². The summed E-state index contributed by atoms with van der Waals surface area (Å²) in [6, 6.07) is 10.9. The summed E-state index contributed by atoms with van der Waals surface area (Å²) in [7, 11) is -3.84. The lowest BCUT2D eigenvalue weighted by atomic mass is 10.2. The van der Waals surface area contributed by atoms with Gasteiger partial charge in [0.15, 0.2) is 9.78 Å². The van der Waals surface area contributed by atoms with Gasteiger partial charge in [-0.15, -0.1) is 21.5 Å². The molecule has 11 nitrogen and oxygen atoms in total. The maximum absolute atomic E-state index is 13.1. The van der Waals surface area contributed by atoms with Gasteiger partial charge in [0.05, 0.1) is 15.1 Å². The van der Waals surface area contributed by atoms with Crippen LogP contribution in [0.1, 0.15) is 18.7 Å². The number of nitrogens with zero attached hydrogens (tertiary/aromatic N) is 4. The molecule has 1 amide bonds. The second-order valence-electron chi connectivity index (χ2n) is 7.02. The van der Waals surface area contributed by atoms with Gasteiger partial charge in [-0.3, -0.25) is 4.90 Å². The molecule has 4 rings (SSSR count). The van der Waals surface area contributed by atoms with E-state index in [-0.39, 0.29) is 10.6 Å². The van der Waals surface area contributed by atoms with Crippen LogP contribution < -0.4 is 14.8 Å². The average Bonchev–Trinajstić information content (AvgIpc) is 3.41. The summed E-state index contributed by atoms with van der Waals surface area (Å²) in [6.45, 7) is 0.382. The van der Waals surface area contributed by atoms with Crippen molar-refractivity contribution in [1.29, 1.82) is 0 Å². The number of ether oxygens (including phenoxy) is 1. The first-order valence-corrected chi connectivity index (χ1v) is 12.5. The zero-order valence-electron chi connectivity index (χ0n) is 17.1. The number of unbranched alkanes of at least 4 members (excludes halogenated alkanes) is 1. The zero-order valence-corrected chi connectivity index (χ0v) is 19.5. The Kier molecular flexibility index (Phi) is 6.78. The average molecular weight is 506 g/mol. The van der Waals surface area contributed by atoms with Crippen LogP contribution in [-0.4, -0.2) is 46.7 Å². The molecule has 14 heteroatoms. The number of hydrogen-bond acceptors (Lipinski definition) is 9. The molecule has 0 bridgehead atoms. The molecule has 33 heavy (non-hydrogen) atoms. The van der Waals surface area contributed by atoms with Gasteiger partial charge < -0.3 is 9.72 Å². The Morgan fingerprint density at radius 3 is 2.67 bits per heavy atom. The van der Waals surface area contributed by atoms with E-state index in [9.17, 15) is 13.2 Å². The van der Waals surface area contributed by atoms with Crippen molar-refractivity contribution < 1.29 is 17.9 Å². The van der Waals surface area contributed by atoms with Gasteiger partial charge in [-0.25, -0.2) is 18.4 Å². The SMILES string of the molecule is NS(=O)(=O)c1ccc(OC(=O)N(CCCCc2nn[nH]n2)c2ccc3[nH]c(=S)sc3c2)cc1. The molecule has 172 valence electrons. The van der Waals surface area contributed by atoms with E-state index in [2.05, 4.69) is 25.6 Å². The van der Waals surface area contributed by atoms with Crippen LogP contribution in [0.5, 0.6) is 5.75 Å². The number of fused-ring (bicyclic) bond motifs is 1. The fraction of sp³-hybridized carbons (Fsp3) is 0.211. The van der Waals surface area contributed by atoms with Crippen LogP contribution in [0.25, 0.3) is 10.2 Å². The minimum Gasteiger partial charge on any atom is -0.410 e. The van der Waals surface area contributed by atoms with Crippen molar-refractivity contribution in [1.82, 2.24) is 25.6 Å². The minimum absolute atomic E-state index is 0.0697. The largest absolute Gasteiger partial charge is 0.419 e. The number of primary sulfonamides is 1. The predicted molar refractivity (Wildman–Crippen MR) is 125 cm³/mol. The molecule has 0 unspecified atom stereocenters. The molecule has 4 N–H and O–H groups in total. The highest BCUT2D eigenvalue weighted by molar-refractivity contribution is 7.89. The Bertz CT molecular complexity index is 1410. The second kappa shape index (κ2) is 9.74. The molecule has 0 saturated heterocycles. The number of carbonyl (C=O) groups is 1. The monoisotopic (exact) mass is 505 g/mol. The van der Waals surface area contributed by atoms with Crippen LogP contribution in [0.3, 0.4) is 0 Å². The summed E-state index contributed by atoms with van der Waals surface area (Å²) in [4.78, 5) is 17.6. The number of benzene rings is 2. The number of carbonyl (C=O) groups excluding carboxylic acids is 1. The molecule has 0 atom stereocenters. The standard InChI is InChI=1S/C19H19N7O4S3/c20-33(28,29)14-7-5-13(6-8-14)30-19(27)26(10-2-1-3-17-22-24-25-23-17)12-4-9-15-16(11-12)32-18(31)21-15/h4-9,11H,1-3,10H2,(H,21,31)(H2,20,28,29)(H,22,23,24,25). The zero-order chi connectivity index (χ0) is 23.4. The number of rotatable bonds is 8. The minimum atomic E-state index is -3.84. The van der Waals surface area contributed by atoms with E-state index in [1.54, 1.807) is 0 Å². The second-order valence-corrected chi connectivity index (χ2v) is 10.3. The Morgan fingerprint density at radius 2 is 1.97 bits per heavy atom. The van der Waals surface area contributed by atoms with E-state index >= 15 is 0 Å². The van der Waals surface area contributed by atoms with Crippen LogP contribution in [-0.2, 0) is 16.4 Å². The lowest BCUT2D eigenvalue weighted by Crippen LogP contribution is -2.34. The van der Waals surface area contributed by atoms with Gasteiger partial charge in [0.2, 0.25) is 10.0 Å². The predicted octanol–water partition coefficient (Wildman–Crippen LogP) is 3.15. The summed E-state index contributed by atoms with van der Waals surface area (Å²) in [6.07, 6.45) is 1.41. The van der Waals surface area contributed by atoms with E-state index in [1.165, 1.54) is 40.5 Å². The lowest BCUT2D eigenvalue weighted by Gasteiger charge is -2.22. The molecule has 0 radical (unpaired) electrons. The third kappa shape index (κ3) is 5.78. The number of tetrazole rings is 1. The van der Waals surface area contributed by atoms with Crippen molar-refractivity contribution in [3.63, 3.8) is 0 Å². The van der Waals surface area contributed by atoms with Crippen LogP contribution in [0.15, 0.2) is 47.4 Å². The van der Waals surface area contributed by atoms with Gasteiger partial charge in [0.1, 0.15) is 5.75 Å². The van der Waals surface area contributed by atoms with E-state index in [1.807, 2.05) is 18.2 Å². The number of anilines is 1. The fourth-order valence-electron chi connectivity index (χ4n) is 3.12. The third-order valence-corrected chi connectivity index (χ3v) is 6.84.